The number of nitrogens with one attached hydrogen (secondary N) is 1. The molecule has 0 fully saturated rings. The van der Waals surface area contributed by atoms with Gasteiger partial charge in [0.05, 0.1) is 10.2 Å². The highest BCUT2D eigenvalue weighted by Crippen LogP contribution is 2.17. The highest BCUT2D eigenvalue weighted by atomic mass is 32.1. The summed E-state index contributed by atoms with van der Waals surface area (Å²) in [4.78, 5) is 13.4. The lowest BCUT2D eigenvalue weighted by Gasteiger charge is -2.03. The van der Waals surface area contributed by atoms with Crippen LogP contribution < -0.4 is 0 Å². The molecule has 0 unspecified atom stereocenters. The number of aromatic nitrogens is 1. The lowest BCUT2D eigenvalue weighted by Crippen LogP contribution is -1.93. The second-order valence-electron chi connectivity index (χ2n) is 8.10. The standard InChI is InChI=1S/C18H36O2.C7H5NS2.H2S/c1-2-3-4-5-6-7-8-9-10-11-12-13-14-15-16-17-18(19)20;9-7-8-5-3-1-2-4-6(5)10-7;/h2-17H2,1H3,(H,19,20);1-4H,(H,8,9);1H2. The van der Waals surface area contributed by atoms with E-state index in [1.165, 1.54) is 88.2 Å². The van der Waals surface area contributed by atoms with E-state index in [0.29, 0.717) is 6.42 Å². The maximum atomic E-state index is 10.3. The van der Waals surface area contributed by atoms with Crippen LogP contribution in [0.5, 0.6) is 0 Å². The van der Waals surface area contributed by atoms with Crippen LogP contribution in [0.4, 0.5) is 0 Å². The van der Waals surface area contributed by atoms with E-state index in [2.05, 4.69) is 18.0 Å². The van der Waals surface area contributed by atoms with Crippen LogP contribution in [-0.2, 0) is 4.79 Å². The summed E-state index contributed by atoms with van der Waals surface area (Å²) in [5.74, 6) is -0.653. The topological polar surface area (TPSA) is 53.1 Å². The monoisotopic (exact) mass is 485 g/mol. The zero-order chi connectivity index (χ0) is 21.9. The predicted octanol–water partition coefficient (Wildman–Crippen LogP) is 9.40. The number of hydrogen-bond acceptors (Lipinski definition) is 3. The Bertz CT molecular complexity index is 691. The van der Waals surface area contributed by atoms with E-state index in [-0.39, 0.29) is 13.5 Å². The molecule has 2 N–H and O–H groups in total. The number of carboxylic acid groups (broad SMARTS) is 1. The molecule has 2 rings (SSSR count). The summed E-state index contributed by atoms with van der Waals surface area (Å²) < 4.78 is 2.08. The first-order valence-corrected chi connectivity index (χ1v) is 13.2. The average Bonchev–Trinajstić information content (AvgIpc) is 3.11. The molecule has 6 heteroatoms. The SMILES string of the molecule is CCCCCCCCCCCCCCCCCC(=O)O.S.S=c1[nH]c2ccccc2s1. The molecule has 0 radical (unpaired) electrons. The Hall–Kier alpha value is -0.850. The Morgan fingerprint density at radius 1 is 0.839 bits per heavy atom. The number of para-hydroxylation sites is 1. The van der Waals surface area contributed by atoms with E-state index in [1.807, 2.05) is 18.2 Å². The molecule has 0 aliphatic carbocycles. The number of fused-ring (bicyclic) bond motifs is 1. The minimum atomic E-state index is -0.653. The zero-order valence-electron chi connectivity index (χ0n) is 19.3. The molecule has 0 aliphatic heterocycles. The Morgan fingerprint density at radius 3 is 1.74 bits per heavy atom. The highest BCUT2D eigenvalue weighted by molar-refractivity contribution is 7.73. The molecular weight excluding hydrogens is 442 g/mol. The van der Waals surface area contributed by atoms with Crippen molar-refractivity contribution in [1.82, 2.24) is 4.98 Å². The lowest BCUT2D eigenvalue weighted by atomic mass is 10.0. The molecule has 1 aromatic carbocycles. The van der Waals surface area contributed by atoms with E-state index < -0.39 is 5.97 Å². The van der Waals surface area contributed by atoms with E-state index in [4.69, 9.17) is 17.3 Å². The minimum absolute atomic E-state index is 0. The van der Waals surface area contributed by atoms with Crippen LogP contribution in [0.3, 0.4) is 0 Å². The number of rotatable bonds is 16. The van der Waals surface area contributed by atoms with Crippen molar-refractivity contribution in [3.05, 3.63) is 28.2 Å². The number of carbonyl (C=O) groups is 1. The van der Waals surface area contributed by atoms with Gasteiger partial charge in [0.25, 0.3) is 0 Å². The summed E-state index contributed by atoms with van der Waals surface area (Å²) >= 11 is 6.59. The number of H-pyrrole nitrogens is 1. The first-order chi connectivity index (χ1) is 14.6. The number of benzene rings is 1. The van der Waals surface area contributed by atoms with Crippen LogP contribution in [0.25, 0.3) is 10.2 Å². The fourth-order valence-electron chi connectivity index (χ4n) is 3.54. The third-order valence-corrected chi connectivity index (χ3v) is 6.54. The second kappa shape index (κ2) is 21.0. The van der Waals surface area contributed by atoms with E-state index in [9.17, 15) is 4.79 Å². The summed E-state index contributed by atoms with van der Waals surface area (Å²) in [5.41, 5.74) is 1.14. The summed E-state index contributed by atoms with van der Waals surface area (Å²) in [7, 11) is 0. The van der Waals surface area contributed by atoms with Crippen molar-refractivity contribution in [3.63, 3.8) is 0 Å². The summed E-state index contributed by atoms with van der Waals surface area (Å²) in [5, 5.41) is 8.52. The largest absolute Gasteiger partial charge is 0.481 e. The normalized spacial score (nSPS) is 10.4. The number of aromatic amines is 1. The van der Waals surface area contributed by atoms with Gasteiger partial charge in [0.15, 0.2) is 3.95 Å². The van der Waals surface area contributed by atoms with Crippen molar-refractivity contribution < 1.29 is 9.90 Å². The third-order valence-electron chi connectivity index (χ3n) is 5.32. The molecule has 0 aliphatic rings. The van der Waals surface area contributed by atoms with Gasteiger partial charge < -0.3 is 10.1 Å². The maximum Gasteiger partial charge on any atom is 0.303 e. The summed E-state index contributed by atoms with van der Waals surface area (Å²) in [6.45, 7) is 2.27. The molecule has 2 aromatic rings. The molecule has 31 heavy (non-hydrogen) atoms. The Balaban J connectivity index is 0.000000675. The Morgan fingerprint density at radius 2 is 1.29 bits per heavy atom. The van der Waals surface area contributed by atoms with Gasteiger partial charge in [-0.05, 0) is 30.8 Å². The van der Waals surface area contributed by atoms with Crippen LogP contribution in [0, 0.1) is 3.95 Å². The van der Waals surface area contributed by atoms with Crippen LogP contribution in [-0.4, -0.2) is 16.1 Å². The van der Waals surface area contributed by atoms with Crippen molar-refractivity contribution in [2.75, 3.05) is 0 Å². The molecule has 0 spiro atoms. The predicted molar refractivity (Wildman–Crippen MR) is 145 cm³/mol. The van der Waals surface area contributed by atoms with Crippen molar-refractivity contribution in [3.8, 4) is 0 Å². The van der Waals surface area contributed by atoms with Gasteiger partial charge in [-0.2, -0.15) is 13.5 Å². The van der Waals surface area contributed by atoms with E-state index in [0.717, 1.165) is 22.3 Å². The smallest absolute Gasteiger partial charge is 0.303 e. The van der Waals surface area contributed by atoms with Crippen molar-refractivity contribution >= 4 is 53.2 Å². The highest BCUT2D eigenvalue weighted by Gasteiger charge is 1.97. The molecule has 1 aromatic heterocycles. The number of thiazole rings is 1. The fourth-order valence-corrected chi connectivity index (χ4v) is 4.66. The van der Waals surface area contributed by atoms with E-state index >= 15 is 0 Å². The number of hydrogen-bond donors (Lipinski definition) is 2. The summed E-state index contributed by atoms with van der Waals surface area (Å²) in [6, 6.07) is 8.11. The van der Waals surface area contributed by atoms with Gasteiger partial charge in [-0.3, -0.25) is 4.79 Å². The number of aliphatic carboxylic acids is 1. The minimum Gasteiger partial charge on any atom is -0.481 e. The molecule has 0 bridgehead atoms. The summed E-state index contributed by atoms with van der Waals surface area (Å²) in [6.07, 6.45) is 20.2. The number of unbranched alkanes of at least 4 members (excludes halogenated alkanes) is 14. The van der Waals surface area contributed by atoms with Gasteiger partial charge in [-0.15, -0.1) is 11.3 Å². The molecular formula is C25H43NO2S3. The third kappa shape index (κ3) is 17.4. The molecule has 178 valence electrons. The first kappa shape index (κ1) is 30.1. The van der Waals surface area contributed by atoms with Gasteiger partial charge in [-0.25, -0.2) is 0 Å². The van der Waals surface area contributed by atoms with Gasteiger partial charge in [0, 0.05) is 6.42 Å². The second-order valence-corrected chi connectivity index (χ2v) is 9.82. The first-order valence-electron chi connectivity index (χ1n) is 11.9. The fraction of sp³-hybridized carbons (Fsp3) is 0.680. The van der Waals surface area contributed by atoms with Crippen molar-refractivity contribution in [1.29, 1.82) is 0 Å². The zero-order valence-corrected chi connectivity index (χ0v) is 21.9. The van der Waals surface area contributed by atoms with E-state index in [1.54, 1.807) is 11.3 Å². The number of carboxylic acids is 1. The van der Waals surface area contributed by atoms with Crippen LogP contribution >= 0.6 is 37.1 Å². The molecule has 0 saturated heterocycles. The molecule has 0 atom stereocenters. The lowest BCUT2D eigenvalue weighted by molar-refractivity contribution is -0.137. The van der Waals surface area contributed by atoms with Gasteiger partial charge >= 0.3 is 5.97 Å². The van der Waals surface area contributed by atoms with Gasteiger partial charge in [0.1, 0.15) is 0 Å². The van der Waals surface area contributed by atoms with Crippen molar-refractivity contribution in [2.24, 2.45) is 0 Å². The Labute approximate surface area is 205 Å². The Kier molecular flexibility index (Phi) is 20.4. The average molecular weight is 486 g/mol. The van der Waals surface area contributed by atoms with Gasteiger partial charge in [-0.1, -0.05) is 109 Å². The molecule has 1 heterocycles. The molecule has 0 amide bonds. The van der Waals surface area contributed by atoms with Crippen molar-refractivity contribution in [2.45, 2.75) is 110 Å². The molecule has 0 saturated carbocycles. The molecule has 3 nitrogen and oxygen atoms in total. The van der Waals surface area contributed by atoms with Crippen LogP contribution in [0.1, 0.15) is 110 Å². The van der Waals surface area contributed by atoms with Crippen LogP contribution in [0.2, 0.25) is 0 Å². The van der Waals surface area contributed by atoms with Crippen LogP contribution in [0.15, 0.2) is 24.3 Å². The maximum absolute atomic E-state index is 10.3. The van der Waals surface area contributed by atoms with Gasteiger partial charge in [0.2, 0.25) is 0 Å². The quantitative estimate of drug-likeness (QED) is 0.184.